The van der Waals surface area contributed by atoms with E-state index in [0.29, 0.717) is 0 Å². The number of anilines is 1. The zero-order valence-corrected chi connectivity index (χ0v) is 10.3. The fraction of sp³-hybridized carbons (Fsp3) is 0. The zero-order valence-electron chi connectivity index (χ0n) is 9.50. The van der Waals surface area contributed by atoms with Crippen LogP contribution in [0.15, 0.2) is 24.4 Å². The Balaban J connectivity index is 2.66. The minimum atomic E-state index is -1.26. The Morgan fingerprint density at radius 2 is 2.05 bits per heavy atom. The van der Waals surface area contributed by atoms with Crippen molar-refractivity contribution in [3.05, 3.63) is 40.7 Å². The van der Waals surface area contributed by atoms with Gasteiger partial charge in [0.25, 0.3) is 5.91 Å². The SMILES string of the molecule is NC(=O)c1c(Cl)cccc1-n1cc(N)c(C(=O)O)n1. The summed E-state index contributed by atoms with van der Waals surface area (Å²) in [6.45, 7) is 0. The highest BCUT2D eigenvalue weighted by Gasteiger charge is 2.18. The smallest absolute Gasteiger partial charge is 0.358 e. The molecule has 0 aliphatic rings. The van der Waals surface area contributed by atoms with Crippen LogP contribution in [0.1, 0.15) is 20.8 Å². The van der Waals surface area contributed by atoms with Crippen LogP contribution in [0, 0.1) is 0 Å². The molecule has 0 spiro atoms. The number of carboxylic acids is 1. The standard InChI is InChI=1S/C11H9ClN4O3/c12-5-2-1-3-7(8(5)10(14)17)16-4-6(13)9(15-16)11(18)19/h1-4H,13H2,(H2,14,17)(H,18,19). The fourth-order valence-electron chi connectivity index (χ4n) is 1.62. The zero-order chi connectivity index (χ0) is 14.2. The first kappa shape index (κ1) is 12.9. The van der Waals surface area contributed by atoms with Gasteiger partial charge in [-0.15, -0.1) is 0 Å². The number of nitrogens with zero attached hydrogens (tertiary/aromatic N) is 2. The van der Waals surface area contributed by atoms with Gasteiger partial charge in [-0.25, -0.2) is 9.48 Å². The molecule has 0 unspecified atom stereocenters. The summed E-state index contributed by atoms with van der Waals surface area (Å²) in [7, 11) is 0. The number of benzene rings is 1. The molecule has 0 saturated heterocycles. The second-order valence-electron chi connectivity index (χ2n) is 3.68. The van der Waals surface area contributed by atoms with Crippen LogP contribution < -0.4 is 11.5 Å². The lowest BCUT2D eigenvalue weighted by molar-refractivity contribution is 0.0691. The normalized spacial score (nSPS) is 10.4. The number of carboxylic acid groups (broad SMARTS) is 1. The number of nitrogens with two attached hydrogens (primary N) is 2. The van der Waals surface area contributed by atoms with Crippen LogP contribution in [0.4, 0.5) is 5.69 Å². The molecule has 7 nitrogen and oxygen atoms in total. The third kappa shape index (κ3) is 2.23. The van der Waals surface area contributed by atoms with Crippen LogP contribution in [-0.4, -0.2) is 26.8 Å². The number of hydrogen-bond acceptors (Lipinski definition) is 4. The van der Waals surface area contributed by atoms with Crippen molar-refractivity contribution in [2.75, 3.05) is 5.73 Å². The first-order valence-corrected chi connectivity index (χ1v) is 5.46. The lowest BCUT2D eigenvalue weighted by atomic mass is 10.1. The molecule has 2 aromatic rings. The number of rotatable bonds is 3. The van der Waals surface area contributed by atoms with E-state index in [2.05, 4.69) is 5.10 Å². The van der Waals surface area contributed by atoms with Gasteiger partial charge in [0.15, 0.2) is 5.69 Å². The molecule has 19 heavy (non-hydrogen) atoms. The summed E-state index contributed by atoms with van der Waals surface area (Å²) in [5, 5.41) is 12.8. The van der Waals surface area contributed by atoms with Gasteiger partial charge in [0.05, 0.1) is 28.2 Å². The number of primary amides is 1. The molecule has 0 radical (unpaired) electrons. The number of nitrogen functional groups attached to an aromatic ring is 1. The first-order chi connectivity index (χ1) is 8.91. The Labute approximate surface area is 112 Å². The van der Waals surface area contributed by atoms with Gasteiger partial charge in [-0.3, -0.25) is 4.79 Å². The van der Waals surface area contributed by atoms with Crippen molar-refractivity contribution in [3.8, 4) is 5.69 Å². The number of carbonyl (C=O) groups excluding carboxylic acids is 1. The number of aromatic nitrogens is 2. The van der Waals surface area contributed by atoms with Gasteiger partial charge in [-0.2, -0.15) is 5.10 Å². The van der Waals surface area contributed by atoms with Gasteiger partial charge in [-0.05, 0) is 12.1 Å². The summed E-state index contributed by atoms with van der Waals surface area (Å²) in [6.07, 6.45) is 1.28. The summed E-state index contributed by atoms with van der Waals surface area (Å²) in [4.78, 5) is 22.3. The Morgan fingerprint density at radius 3 is 2.58 bits per heavy atom. The van der Waals surface area contributed by atoms with Crippen LogP contribution in [0.5, 0.6) is 0 Å². The summed E-state index contributed by atoms with van der Waals surface area (Å²) in [6, 6.07) is 4.61. The van der Waals surface area contributed by atoms with E-state index in [1.54, 1.807) is 6.07 Å². The van der Waals surface area contributed by atoms with E-state index in [9.17, 15) is 9.59 Å². The molecule has 8 heteroatoms. The number of amides is 1. The van der Waals surface area contributed by atoms with Gasteiger partial charge < -0.3 is 16.6 Å². The Kier molecular flexibility index (Phi) is 3.14. The molecular formula is C11H9ClN4O3. The van der Waals surface area contributed by atoms with Crippen molar-refractivity contribution in [2.45, 2.75) is 0 Å². The summed E-state index contributed by atoms with van der Waals surface area (Å²) in [5.41, 5.74) is 10.7. The topological polar surface area (TPSA) is 124 Å². The average Bonchev–Trinajstić information content (AvgIpc) is 2.70. The first-order valence-electron chi connectivity index (χ1n) is 5.09. The second kappa shape index (κ2) is 4.62. The minimum absolute atomic E-state index is 0.0251. The predicted molar refractivity (Wildman–Crippen MR) is 68.5 cm³/mol. The van der Waals surface area contributed by atoms with Gasteiger partial charge in [0.2, 0.25) is 0 Å². The molecular weight excluding hydrogens is 272 g/mol. The predicted octanol–water partition coefficient (Wildman–Crippen LogP) is 0.905. The van der Waals surface area contributed by atoms with Crippen LogP contribution in [0.3, 0.4) is 0 Å². The molecule has 1 heterocycles. The number of hydrogen-bond donors (Lipinski definition) is 3. The van der Waals surface area contributed by atoms with E-state index in [1.807, 2.05) is 0 Å². The van der Waals surface area contributed by atoms with Gasteiger partial charge in [0, 0.05) is 0 Å². The summed E-state index contributed by atoms with van der Waals surface area (Å²) >= 11 is 5.89. The van der Waals surface area contributed by atoms with E-state index in [0.717, 1.165) is 4.68 Å². The lowest BCUT2D eigenvalue weighted by Gasteiger charge is -2.07. The molecule has 0 atom stereocenters. The quantitative estimate of drug-likeness (QED) is 0.770. The molecule has 1 aromatic carbocycles. The number of aromatic carboxylic acids is 1. The average molecular weight is 281 g/mol. The fourth-order valence-corrected chi connectivity index (χ4v) is 1.89. The summed E-state index contributed by atoms with van der Waals surface area (Å²) in [5.74, 6) is -2.01. The Hall–Kier alpha value is -2.54. The maximum Gasteiger partial charge on any atom is 0.358 e. The van der Waals surface area contributed by atoms with Crippen molar-refractivity contribution < 1.29 is 14.7 Å². The molecule has 0 fully saturated rings. The third-order valence-electron chi connectivity index (χ3n) is 2.43. The van der Waals surface area contributed by atoms with Gasteiger partial charge >= 0.3 is 5.97 Å². The van der Waals surface area contributed by atoms with E-state index < -0.39 is 11.9 Å². The lowest BCUT2D eigenvalue weighted by Crippen LogP contribution is -2.15. The van der Waals surface area contributed by atoms with Crippen LogP contribution in [0.2, 0.25) is 5.02 Å². The summed E-state index contributed by atoms with van der Waals surface area (Å²) < 4.78 is 1.16. The van der Waals surface area contributed by atoms with Gasteiger partial charge in [-0.1, -0.05) is 17.7 Å². The molecule has 2 rings (SSSR count). The maximum atomic E-state index is 11.4. The molecule has 0 aliphatic carbocycles. The van der Waals surface area contributed by atoms with E-state index in [1.165, 1.54) is 18.3 Å². The molecule has 5 N–H and O–H groups in total. The largest absolute Gasteiger partial charge is 0.476 e. The third-order valence-corrected chi connectivity index (χ3v) is 2.74. The van der Waals surface area contributed by atoms with Gasteiger partial charge in [0.1, 0.15) is 0 Å². The van der Waals surface area contributed by atoms with E-state index in [4.69, 9.17) is 28.2 Å². The molecule has 1 aromatic heterocycles. The highest BCUT2D eigenvalue weighted by atomic mass is 35.5. The molecule has 0 aliphatic heterocycles. The van der Waals surface area contributed by atoms with Crippen molar-refractivity contribution >= 4 is 29.2 Å². The monoisotopic (exact) mass is 280 g/mol. The second-order valence-corrected chi connectivity index (χ2v) is 4.09. The highest BCUT2D eigenvalue weighted by Crippen LogP contribution is 2.24. The Morgan fingerprint density at radius 1 is 1.37 bits per heavy atom. The molecule has 98 valence electrons. The molecule has 0 saturated carbocycles. The number of carbonyl (C=O) groups is 2. The minimum Gasteiger partial charge on any atom is -0.476 e. The van der Waals surface area contributed by atoms with E-state index in [-0.39, 0.29) is 27.7 Å². The van der Waals surface area contributed by atoms with Crippen molar-refractivity contribution in [2.24, 2.45) is 5.73 Å². The Bertz CT molecular complexity index is 681. The maximum absolute atomic E-state index is 11.4. The molecule has 0 bridgehead atoms. The highest BCUT2D eigenvalue weighted by molar-refractivity contribution is 6.34. The van der Waals surface area contributed by atoms with Crippen LogP contribution >= 0.6 is 11.6 Å². The van der Waals surface area contributed by atoms with Crippen LogP contribution in [0.25, 0.3) is 5.69 Å². The number of halogens is 1. The molecule has 1 amide bonds. The van der Waals surface area contributed by atoms with E-state index >= 15 is 0 Å². The van der Waals surface area contributed by atoms with Crippen LogP contribution in [-0.2, 0) is 0 Å². The van der Waals surface area contributed by atoms with Crippen molar-refractivity contribution in [3.63, 3.8) is 0 Å². The van der Waals surface area contributed by atoms with Crippen molar-refractivity contribution in [1.29, 1.82) is 0 Å². The van der Waals surface area contributed by atoms with Crippen molar-refractivity contribution in [1.82, 2.24) is 9.78 Å².